The minimum Gasteiger partial charge on any atom is -0.337 e. The molecule has 5 aromatic rings. The van der Waals surface area contributed by atoms with Crippen molar-refractivity contribution in [2.75, 3.05) is 10.0 Å². The van der Waals surface area contributed by atoms with E-state index in [4.69, 9.17) is 4.52 Å². The van der Waals surface area contributed by atoms with Gasteiger partial charge in [0.05, 0.1) is 20.9 Å². The molecule has 34 heavy (non-hydrogen) atoms. The van der Waals surface area contributed by atoms with Gasteiger partial charge in [0.2, 0.25) is 5.88 Å². The molecule has 4 heterocycles. The molecule has 0 unspecified atom stereocenters. The molecule has 0 saturated carbocycles. The lowest BCUT2D eigenvalue weighted by molar-refractivity contribution is 0.103. The fourth-order valence-corrected chi connectivity index (χ4v) is 5.23. The number of hydrogen-bond acceptors (Lipinski definition) is 8. The Labute approximate surface area is 196 Å². The molecular formula is C22H17N5O5S2. The lowest BCUT2D eigenvalue weighted by atomic mass is 10.3. The molecule has 0 radical (unpaired) electrons. The monoisotopic (exact) mass is 495 g/mol. The summed E-state index contributed by atoms with van der Waals surface area (Å²) >= 11 is 1.11. The minimum atomic E-state index is -3.90. The number of carbonyl (C=O) groups is 1. The van der Waals surface area contributed by atoms with E-state index in [9.17, 15) is 18.0 Å². The number of nitrogens with one attached hydrogen (secondary N) is 2. The zero-order valence-corrected chi connectivity index (χ0v) is 19.5. The molecule has 0 spiro atoms. The number of sulfonamides is 1. The fraction of sp³-hybridized carbons (Fsp3) is 0.0909. The predicted molar refractivity (Wildman–Crippen MR) is 128 cm³/mol. The Bertz CT molecular complexity index is 1730. The van der Waals surface area contributed by atoms with E-state index in [1.807, 2.05) is 0 Å². The number of benzene rings is 1. The van der Waals surface area contributed by atoms with Gasteiger partial charge in [0.1, 0.15) is 10.5 Å². The third-order valence-corrected chi connectivity index (χ3v) is 7.62. The molecule has 5 rings (SSSR count). The first-order valence-corrected chi connectivity index (χ1v) is 12.3. The number of carbonyl (C=O) groups excluding carboxylic acids is 1. The van der Waals surface area contributed by atoms with Gasteiger partial charge in [-0.25, -0.2) is 18.1 Å². The highest BCUT2D eigenvalue weighted by atomic mass is 32.2. The maximum absolute atomic E-state index is 12.8. The van der Waals surface area contributed by atoms with Crippen molar-refractivity contribution in [3.63, 3.8) is 0 Å². The molecular weight excluding hydrogens is 478 g/mol. The van der Waals surface area contributed by atoms with Crippen LogP contribution in [0.3, 0.4) is 0 Å². The highest BCUT2D eigenvalue weighted by molar-refractivity contribution is 7.92. The molecule has 4 aromatic heterocycles. The molecule has 0 fully saturated rings. The van der Waals surface area contributed by atoms with Crippen LogP contribution in [0.15, 0.2) is 68.9 Å². The van der Waals surface area contributed by atoms with Crippen molar-refractivity contribution in [2.24, 2.45) is 0 Å². The summed E-state index contributed by atoms with van der Waals surface area (Å²) < 4.78 is 34.0. The van der Waals surface area contributed by atoms with Gasteiger partial charge in [0.25, 0.3) is 21.5 Å². The van der Waals surface area contributed by atoms with Crippen molar-refractivity contribution >= 4 is 54.7 Å². The van der Waals surface area contributed by atoms with Gasteiger partial charge in [-0.2, -0.15) is 0 Å². The van der Waals surface area contributed by atoms with Gasteiger partial charge in [-0.1, -0.05) is 11.2 Å². The van der Waals surface area contributed by atoms with Crippen LogP contribution in [0.25, 0.3) is 15.9 Å². The number of thiophene rings is 1. The van der Waals surface area contributed by atoms with Crippen molar-refractivity contribution in [3.05, 3.63) is 81.2 Å². The van der Waals surface area contributed by atoms with E-state index >= 15 is 0 Å². The van der Waals surface area contributed by atoms with Crippen LogP contribution in [-0.4, -0.2) is 28.9 Å². The Balaban J connectivity index is 1.36. The van der Waals surface area contributed by atoms with Gasteiger partial charge in [-0.15, -0.1) is 11.3 Å². The summed E-state index contributed by atoms with van der Waals surface area (Å²) in [5.41, 5.74) is 1.81. The average molecular weight is 496 g/mol. The SMILES string of the molecule is Cc1noc(NS(=O)(=O)c2ccc(NC(=O)c3cc4c(=O)n5ccccc5nc4s3)cc2)c1C. The van der Waals surface area contributed by atoms with Gasteiger partial charge in [0, 0.05) is 17.4 Å². The Kier molecular flexibility index (Phi) is 5.18. The van der Waals surface area contributed by atoms with Crippen LogP contribution in [0.1, 0.15) is 20.9 Å². The minimum absolute atomic E-state index is 0.00951. The third kappa shape index (κ3) is 3.82. The normalized spacial score (nSPS) is 11.7. The summed E-state index contributed by atoms with van der Waals surface area (Å²) in [6, 6.07) is 12.4. The molecule has 0 aliphatic rings. The first-order chi connectivity index (χ1) is 16.2. The molecule has 10 nitrogen and oxygen atoms in total. The van der Waals surface area contributed by atoms with E-state index in [0.717, 1.165) is 11.3 Å². The van der Waals surface area contributed by atoms with Crippen molar-refractivity contribution in [1.29, 1.82) is 0 Å². The van der Waals surface area contributed by atoms with Crippen LogP contribution in [-0.2, 0) is 10.0 Å². The molecule has 0 aliphatic carbocycles. The van der Waals surface area contributed by atoms with Crippen LogP contribution in [0.4, 0.5) is 11.6 Å². The summed E-state index contributed by atoms with van der Waals surface area (Å²) in [6.45, 7) is 3.41. The van der Waals surface area contributed by atoms with Crippen LogP contribution in [0.2, 0.25) is 0 Å². The Morgan fingerprint density at radius 1 is 1.12 bits per heavy atom. The zero-order valence-electron chi connectivity index (χ0n) is 17.9. The first-order valence-electron chi connectivity index (χ1n) is 10.0. The van der Waals surface area contributed by atoms with Crippen LogP contribution in [0, 0.1) is 13.8 Å². The van der Waals surface area contributed by atoms with Crippen LogP contribution < -0.4 is 15.6 Å². The topological polar surface area (TPSA) is 136 Å². The fourth-order valence-electron chi connectivity index (χ4n) is 3.26. The van der Waals surface area contributed by atoms with Crippen LogP contribution >= 0.6 is 11.3 Å². The highest BCUT2D eigenvalue weighted by Crippen LogP contribution is 2.25. The molecule has 1 amide bonds. The van der Waals surface area contributed by atoms with E-state index in [1.54, 1.807) is 38.2 Å². The quantitative estimate of drug-likeness (QED) is 0.380. The van der Waals surface area contributed by atoms with E-state index < -0.39 is 15.9 Å². The number of nitrogens with zero attached hydrogens (tertiary/aromatic N) is 3. The Morgan fingerprint density at radius 2 is 1.88 bits per heavy atom. The van der Waals surface area contributed by atoms with Crippen molar-refractivity contribution in [3.8, 4) is 0 Å². The standard InChI is InChI=1S/C22H17N5O5S2/c1-12-13(2)25-32-20(12)26-34(30,31)15-8-6-14(7-9-15)23-19(28)17-11-16-21(33-17)24-18-5-3-4-10-27(18)22(16)29/h3-11,26H,1-2H3,(H,23,28). The number of anilines is 2. The Hall–Kier alpha value is -4.03. The highest BCUT2D eigenvalue weighted by Gasteiger charge is 2.20. The summed E-state index contributed by atoms with van der Waals surface area (Å²) in [5, 5.41) is 6.80. The van der Waals surface area contributed by atoms with E-state index in [0.29, 0.717) is 37.7 Å². The van der Waals surface area contributed by atoms with E-state index in [1.165, 1.54) is 34.7 Å². The summed E-state index contributed by atoms with van der Waals surface area (Å²) in [5.74, 6) is -0.380. The second-order valence-electron chi connectivity index (χ2n) is 7.48. The molecule has 0 saturated heterocycles. The summed E-state index contributed by atoms with van der Waals surface area (Å²) in [4.78, 5) is 30.7. The zero-order chi connectivity index (χ0) is 24.0. The molecule has 0 bridgehead atoms. The van der Waals surface area contributed by atoms with Crippen molar-refractivity contribution in [1.82, 2.24) is 14.5 Å². The number of hydrogen-bond donors (Lipinski definition) is 2. The van der Waals surface area contributed by atoms with E-state index in [2.05, 4.69) is 20.2 Å². The van der Waals surface area contributed by atoms with E-state index in [-0.39, 0.29) is 16.3 Å². The number of amides is 1. The first kappa shape index (κ1) is 21.8. The largest absolute Gasteiger partial charge is 0.337 e. The third-order valence-electron chi connectivity index (χ3n) is 5.25. The number of rotatable bonds is 5. The van der Waals surface area contributed by atoms with Crippen molar-refractivity contribution in [2.45, 2.75) is 18.7 Å². The maximum atomic E-state index is 12.8. The van der Waals surface area contributed by atoms with Crippen LogP contribution in [0.5, 0.6) is 0 Å². The molecule has 0 aliphatic heterocycles. The molecule has 172 valence electrons. The molecule has 1 aromatic carbocycles. The van der Waals surface area contributed by atoms with Gasteiger partial charge < -0.3 is 9.84 Å². The smallest absolute Gasteiger partial charge is 0.266 e. The number of fused-ring (bicyclic) bond motifs is 2. The second kappa shape index (κ2) is 8.08. The van der Waals surface area contributed by atoms with Gasteiger partial charge >= 0.3 is 0 Å². The second-order valence-corrected chi connectivity index (χ2v) is 10.2. The lowest BCUT2D eigenvalue weighted by Gasteiger charge is -2.07. The summed E-state index contributed by atoms with van der Waals surface area (Å²) in [6.07, 6.45) is 1.62. The Morgan fingerprint density at radius 3 is 2.59 bits per heavy atom. The maximum Gasteiger partial charge on any atom is 0.266 e. The van der Waals surface area contributed by atoms with Gasteiger partial charge in [0.15, 0.2) is 0 Å². The molecule has 0 atom stereocenters. The number of aromatic nitrogens is 3. The number of aryl methyl sites for hydroxylation is 1. The van der Waals surface area contributed by atoms with Crippen molar-refractivity contribution < 1.29 is 17.7 Å². The molecule has 12 heteroatoms. The average Bonchev–Trinajstić information content (AvgIpc) is 3.38. The molecule has 2 N–H and O–H groups in total. The van der Waals surface area contributed by atoms with Gasteiger partial charge in [-0.05, 0) is 56.3 Å². The number of pyridine rings is 1. The lowest BCUT2D eigenvalue weighted by Crippen LogP contribution is -2.14. The van der Waals surface area contributed by atoms with Gasteiger partial charge in [-0.3, -0.25) is 14.0 Å². The predicted octanol–water partition coefficient (Wildman–Crippen LogP) is 3.57. The summed E-state index contributed by atoms with van der Waals surface area (Å²) in [7, 11) is -3.90.